The Kier molecular flexibility index (Phi) is 3.36. The van der Waals surface area contributed by atoms with Crippen molar-refractivity contribution in [1.29, 1.82) is 0 Å². The van der Waals surface area contributed by atoms with Crippen LogP contribution in [0.15, 0.2) is 30.5 Å². The minimum Gasteiger partial charge on any atom is -0.392 e. The number of nitrogens with zero attached hydrogens (tertiary/aromatic N) is 1. The third-order valence-corrected chi connectivity index (χ3v) is 2.67. The summed E-state index contributed by atoms with van der Waals surface area (Å²) in [5, 5.41) is 9.19. The highest BCUT2D eigenvalue weighted by molar-refractivity contribution is 6.32. The molecule has 0 spiro atoms. The van der Waals surface area contributed by atoms with Crippen LogP contribution in [-0.4, -0.2) is 10.1 Å². The Labute approximate surface area is 102 Å². The summed E-state index contributed by atoms with van der Waals surface area (Å²) in [6.07, 6.45) is 1.40. The molecular weight excluding hydrogens is 248 g/mol. The van der Waals surface area contributed by atoms with Crippen molar-refractivity contribution >= 4 is 11.6 Å². The first-order valence-electron chi connectivity index (χ1n) is 4.83. The molecule has 1 N–H and O–H groups in total. The fourth-order valence-electron chi connectivity index (χ4n) is 1.59. The van der Waals surface area contributed by atoms with E-state index in [1.807, 2.05) is 0 Å². The first-order chi connectivity index (χ1) is 8.15. The van der Waals surface area contributed by atoms with E-state index in [1.165, 1.54) is 24.4 Å². The van der Waals surface area contributed by atoms with Gasteiger partial charge in [0, 0.05) is 17.3 Å². The summed E-state index contributed by atoms with van der Waals surface area (Å²) in [4.78, 5) is 3.80. The van der Waals surface area contributed by atoms with Gasteiger partial charge in [-0.3, -0.25) is 0 Å². The van der Waals surface area contributed by atoms with Crippen molar-refractivity contribution in [2.75, 3.05) is 0 Å². The summed E-state index contributed by atoms with van der Waals surface area (Å²) in [6, 6.07) is 5.28. The normalized spacial score (nSPS) is 10.6. The van der Waals surface area contributed by atoms with Gasteiger partial charge in [-0.2, -0.15) is 0 Å². The maximum absolute atomic E-state index is 13.6. The molecule has 0 saturated heterocycles. The number of aliphatic hydroxyl groups is 1. The number of rotatable bonds is 2. The average Bonchev–Trinajstić information content (AvgIpc) is 2.33. The fraction of sp³-hybridized carbons (Fsp3) is 0.0833. The van der Waals surface area contributed by atoms with Crippen LogP contribution in [0.2, 0.25) is 5.15 Å². The lowest BCUT2D eigenvalue weighted by Crippen LogP contribution is -1.96. The van der Waals surface area contributed by atoms with Gasteiger partial charge in [-0.25, -0.2) is 13.8 Å². The third-order valence-electron chi connectivity index (χ3n) is 2.38. The molecule has 1 heterocycles. The lowest BCUT2D eigenvalue weighted by Gasteiger charge is -2.10. The van der Waals surface area contributed by atoms with E-state index >= 15 is 0 Å². The van der Waals surface area contributed by atoms with Gasteiger partial charge in [0.25, 0.3) is 0 Å². The molecule has 88 valence electrons. The Morgan fingerprint density at radius 1 is 1.24 bits per heavy atom. The number of hydrogen-bond donors (Lipinski definition) is 1. The smallest absolute Gasteiger partial charge is 0.166 e. The van der Waals surface area contributed by atoms with Crippen molar-refractivity contribution in [1.82, 2.24) is 4.98 Å². The SMILES string of the molecule is OCc1ccnc(Cl)c1-c1cccc(F)c1F. The molecule has 17 heavy (non-hydrogen) atoms. The van der Waals surface area contributed by atoms with E-state index in [0.717, 1.165) is 6.07 Å². The number of hydrogen-bond acceptors (Lipinski definition) is 2. The maximum Gasteiger partial charge on any atom is 0.166 e. The molecule has 5 heteroatoms. The standard InChI is InChI=1S/C12H8ClF2NO/c13-12-10(7(6-17)4-5-16-12)8-2-1-3-9(14)11(8)15/h1-5,17H,6H2. The van der Waals surface area contributed by atoms with E-state index in [-0.39, 0.29) is 22.9 Å². The van der Waals surface area contributed by atoms with Crippen molar-refractivity contribution in [3.8, 4) is 11.1 Å². The van der Waals surface area contributed by atoms with Crippen LogP contribution >= 0.6 is 11.6 Å². The number of aliphatic hydroxyl groups excluding tert-OH is 1. The Balaban J connectivity index is 2.72. The number of aromatic nitrogens is 1. The molecule has 0 radical (unpaired) electrons. The molecule has 0 aliphatic rings. The largest absolute Gasteiger partial charge is 0.392 e. The number of pyridine rings is 1. The molecule has 1 aromatic carbocycles. The third kappa shape index (κ3) is 2.14. The van der Waals surface area contributed by atoms with Gasteiger partial charge in [0.15, 0.2) is 11.6 Å². The lowest BCUT2D eigenvalue weighted by molar-refractivity contribution is 0.282. The monoisotopic (exact) mass is 255 g/mol. The van der Waals surface area contributed by atoms with Crippen molar-refractivity contribution in [2.45, 2.75) is 6.61 Å². The number of halogens is 3. The quantitative estimate of drug-likeness (QED) is 0.836. The zero-order valence-corrected chi connectivity index (χ0v) is 9.38. The van der Waals surface area contributed by atoms with Crippen molar-refractivity contribution in [3.05, 3.63) is 52.8 Å². The molecule has 0 aliphatic heterocycles. The van der Waals surface area contributed by atoms with E-state index in [1.54, 1.807) is 0 Å². The molecule has 2 rings (SSSR count). The van der Waals surface area contributed by atoms with Crippen LogP contribution in [0.4, 0.5) is 8.78 Å². The van der Waals surface area contributed by atoms with Crippen LogP contribution in [0.5, 0.6) is 0 Å². The van der Waals surface area contributed by atoms with Gasteiger partial charge in [-0.05, 0) is 17.7 Å². The second-order valence-electron chi connectivity index (χ2n) is 3.40. The lowest BCUT2D eigenvalue weighted by atomic mass is 10.0. The highest BCUT2D eigenvalue weighted by atomic mass is 35.5. The predicted molar refractivity (Wildman–Crippen MR) is 60.5 cm³/mol. The van der Waals surface area contributed by atoms with Crippen LogP contribution in [0, 0.1) is 11.6 Å². The minimum absolute atomic E-state index is 0.00727. The number of benzene rings is 1. The van der Waals surface area contributed by atoms with E-state index in [9.17, 15) is 8.78 Å². The maximum atomic E-state index is 13.6. The van der Waals surface area contributed by atoms with Crippen molar-refractivity contribution in [3.63, 3.8) is 0 Å². The van der Waals surface area contributed by atoms with Gasteiger partial charge < -0.3 is 5.11 Å². The van der Waals surface area contributed by atoms with Gasteiger partial charge in [0.1, 0.15) is 5.15 Å². The molecule has 2 aromatic rings. The van der Waals surface area contributed by atoms with E-state index in [0.29, 0.717) is 5.56 Å². The molecule has 0 saturated carbocycles. The Hall–Kier alpha value is -1.52. The molecule has 0 bridgehead atoms. The summed E-state index contributed by atoms with van der Waals surface area (Å²) < 4.78 is 26.8. The second kappa shape index (κ2) is 4.77. The zero-order valence-electron chi connectivity index (χ0n) is 8.62. The Bertz CT molecular complexity index is 560. The Morgan fingerprint density at radius 2 is 2.00 bits per heavy atom. The van der Waals surface area contributed by atoms with Crippen LogP contribution in [-0.2, 0) is 6.61 Å². The molecule has 0 unspecified atom stereocenters. The van der Waals surface area contributed by atoms with Gasteiger partial charge >= 0.3 is 0 Å². The minimum atomic E-state index is -1.00. The van der Waals surface area contributed by atoms with Crippen molar-refractivity contribution in [2.24, 2.45) is 0 Å². The summed E-state index contributed by atoms with van der Waals surface area (Å²) in [7, 11) is 0. The van der Waals surface area contributed by atoms with Gasteiger partial charge in [0.2, 0.25) is 0 Å². The first kappa shape index (κ1) is 12.0. The van der Waals surface area contributed by atoms with Gasteiger partial charge in [-0.15, -0.1) is 0 Å². The predicted octanol–water partition coefficient (Wildman–Crippen LogP) is 3.17. The van der Waals surface area contributed by atoms with Crippen LogP contribution in [0.3, 0.4) is 0 Å². The van der Waals surface area contributed by atoms with Crippen LogP contribution < -0.4 is 0 Å². The molecule has 0 atom stereocenters. The molecule has 2 nitrogen and oxygen atoms in total. The second-order valence-corrected chi connectivity index (χ2v) is 3.75. The molecular formula is C12H8ClF2NO. The van der Waals surface area contributed by atoms with Crippen LogP contribution in [0.25, 0.3) is 11.1 Å². The zero-order chi connectivity index (χ0) is 12.4. The van der Waals surface area contributed by atoms with Gasteiger partial charge in [-0.1, -0.05) is 23.7 Å². The average molecular weight is 256 g/mol. The summed E-state index contributed by atoms with van der Waals surface area (Å²) in [5.41, 5.74) is 0.607. The Morgan fingerprint density at radius 3 is 2.71 bits per heavy atom. The van der Waals surface area contributed by atoms with E-state index < -0.39 is 11.6 Å². The summed E-state index contributed by atoms with van der Waals surface area (Å²) >= 11 is 5.86. The highest BCUT2D eigenvalue weighted by Gasteiger charge is 2.16. The van der Waals surface area contributed by atoms with E-state index in [2.05, 4.69) is 4.98 Å². The summed E-state index contributed by atoms with van der Waals surface area (Å²) in [6.45, 7) is -0.326. The molecule has 0 fully saturated rings. The first-order valence-corrected chi connectivity index (χ1v) is 5.21. The molecule has 0 aliphatic carbocycles. The highest BCUT2D eigenvalue weighted by Crippen LogP contribution is 2.32. The fourth-order valence-corrected chi connectivity index (χ4v) is 1.87. The van der Waals surface area contributed by atoms with Crippen molar-refractivity contribution < 1.29 is 13.9 Å². The van der Waals surface area contributed by atoms with Gasteiger partial charge in [0.05, 0.1) is 6.61 Å². The topological polar surface area (TPSA) is 33.1 Å². The van der Waals surface area contributed by atoms with E-state index in [4.69, 9.17) is 16.7 Å². The molecule has 0 amide bonds. The van der Waals surface area contributed by atoms with Crippen LogP contribution in [0.1, 0.15) is 5.56 Å². The molecule has 1 aromatic heterocycles. The summed E-state index contributed by atoms with van der Waals surface area (Å²) in [5.74, 6) is -1.97.